The van der Waals surface area contributed by atoms with Gasteiger partial charge in [0.05, 0.1) is 0 Å². The number of ether oxygens (including phenoxy) is 1. The monoisotopic (exact) mass is 227 g/mol. The molecule has 0 radical (unpaired) electrons. The number of halogens is 2. The van der Waals surface area contributed by atoms with Crippen LogP contribution >= 0.6 is 0 Å². The number of rotatable bonds is 2. The van der Waals surface area contributed by atoms with Crippen LogP contribution in [0.3, 0.4) is 0 Å². The third-order valence-corrected chi connectivity index (χ3v) is 2.93. The zero-order valence-electron chi connectivity index (χ0n) is 9.22. The molecule has 1 fully saturated rings. The fraction of sp³-hybridized carbons (Fsp3) is 0.500. The van der Waals surface area contributed by atoms with Gasteiger partial charge in [-0.15, -0.1) is 0 Å². The normalized spacial score (nSPS) is 19.4. The van der Waals surface area contributed by atoms with Gasteiger partial charge in [0.2, 0.25) is 5.82 Å². The first-order chi connectivity index (χ1) is 7.61. The highest BCUT2D eigenvalue weighted by molar-refractivity contribution is 5.26. The highest BCUT2D eigenvalue weighted by Crippen LogP contribution is 2.28. The van der Waals surface area contributed by atoms with E-state index in [0.29, 0.717) is 0 Å². The Labute approximate surface area is 93.6 Å². The van der Waals surface area contributed by atoms with E-state index in [0.717, 1.165) is 32.0 Å². The van der Waals surface area contributed by atoms with E-state index >= 15 is 0 Å². The van der Waals surface area contributed by atoms with Crippen LogP contribution in [0.2, 0.25) is 0 Å². The molecule has 2 nitrogen and oxygen atoms in total. The minimum absolute atomic E-state index is 0.00407. The second kappa shape index (κ2) is 4.37. The Kier molecular flexibility index (Phi) is 3.10. The maximum Gasteiger partial charge on any atom is 0.200 e. The fourth-order valence-corrected chi connectivity index (χ4v) is 1.89. The van der Waals surface area contributed by atoms with Crippen molar-refractivity contribution in [1.29, 1.82) is 0 Å². The number of hydrogen-bond donors (Lipinski definition) is 1. The minimum Gasteiger partial charge on any atom is -0.484 e. The van der Waals surface area contributed by atoms with Gasteiger partial charge in [0.1, 0.15) is 5.60 Å². The van der Waals surface area contributed by atoms with Gasteiger partial charge in [0.15, 0.2) is 11.6 Å². The summed E-state index contributed by atoms with van der Waals surface area (Å²) in [5.41, 5.74) is -0.403. The van der Waals surface area contributed by atoms with Gasteiger partial charge >= 0.3 is 0 Å². The van der Waals surface area contributed by atoms with E-state index in [4.69, 9.17) is 4.74 Å². The SMILES string of the molecule is CC1(Oc2cccc(F)c2F)CCNCC1. The molecular formula is C12H15F2NO. The number of nitrogens with one attached hydrogen (secondary N) is 1. The van der Waals surface area contributed by atoms with E-state index in [1.165, 1.54) is 12.1 Å². The van der Waals surface area contributed by atoms with Crippen molar-refractivity contribution in [3.63, 3.8) is 0 Å². The highest BCUT2D eigenvalue weighted by atomic mass is 19.2. The smallest absolute Gasteiger partial charge is 0.200 e. The van der Waals surface area contributed by atoms with Gasteiger partial charge in [0.25, 0.3) is 0 Å². The molecule has 1 heterocycles. The summed E-state index contributed by atoms with van der Waals surface area (Å²) in [7, 11) is 0. The second-order valence-electron chi connectivity index (χ2n) is 4.35. The van der Waals surface area contributed by atoms with Crippen LogP contribution in [0.25, 0.3) is 0 Å². The lowest BCUT2D eigenvalue weighted by Crippen LogP contribution is -2.44. The van der Waals surface area contributed by atoms with Gasteiger partial charge in [-0.1, -0.05) is 6.07 Å². The lowest BCUT2D eigenvalue weighted by atomic mass is 9.94. The number of piperidine rings is 1. The Morgan fingerprint density at radius 1 is 1.25 bits per heavy atom. The predicted molar refractivity (Wildman–Crippen MR) is 57.5 cm³/mol. The first kappa shape index (κ1) is 11.3. The van der Waals surface area contributed by atoms with Gasteiger partial charge in [-0.25, -0.2) is 4.39 Å². The van der Waals surface area contributed by atoms with Crippen molar-refractivity contribution in [2.75, 3.05) is 13.1 Å². The molecule has 16 heavy (non-hydrogen) atoms. The second-order valence-corrected chi connectivity index (χ2v) is 4.35. The molecule has 0 amide bonds. The van der Waals surface area contributed by atoms with Crippen LogP contribution in [0.1, 0.15) is 19.8 Å². The molecule has 0 aromatic heterocycles. The Hall–Kier alpha value is -1.16. The average molecular weight is 227 g/mol. The average Bonchev–Trinajstić information content (AvgIpc) is 2.26. The molecule has 4 heteroatoms. The zero-order valence-corrected chi connectivity index (χ0v) is 9.22. The molecule has 0 spiro atoms. The van der Waals surface area contributed by atoms with Gasteiger partial charge < -0.3 is 10.1 Å². The van der Waals surface area contributed by atoms with Crippen molar-refractivity contribution in [2.45, 2.75) is 25.4 Å². The summed E-state index contributed by atoms with van der Waals surface area (Å²) in [6.07, 6.45) is 1.59. The molecule has 1 aliphatic heterocycles. The topological polar surface area (TPSA) is 21.3 Å². The van der Waals surface area contributed by atoms with E-state index in [1.807, 2.05) is 6.92 Å². The van der Waals surface area contributed by atoms with Crippen LogP contribution in [-0.4, -0.2) is 18.7 Å². The molecular weight excluding hydrogens is 212 g/mol. The Morgan fingerprint density at radius 3 is 2.62 bits per heavy atom. The van der Waals surface area contributed by atoms with Crippen molar-refractivity contribution in [1.82, 2.24) is 5.32 Å². The lowest BCUT2D eigenvalue weighted by molar-refractivity contribution is 0.0507. The third kappa shape index (κ3) is 2.32. The van der Waals surface area contributed by atoms with Crippen LogP contribution < -0.4 is 10.1 Å². The largest absolute Gasteiger partial charge is 0.484 e. The summed E-state index contributed by atoms with van der Waals surface area (Å²) in [4.78, 5) is 0. The molecule has 1 N–H and O–H groups in total. The molecule has 1 aromatic carbocycles. The molecule has 1 aromatic rings. The quantitative estimate of drug-likeness (QED) is 0.838. The summed E-state index contributed by atoms with van der Waals surface area (Å²) < 4.78 is 32.0. The van der Waals surface area contributed by atoms with Crippen molar-refractivity contribution in [3.05, 3.63) is 29.8 Å². The maximum atomic E-state index is 13.4. The molecule has 1 saturated heterocycles. The van der Waals surface area contributed by atoms with E-state index in [1.54, 1.807) is 0 Å². The molecule has 0 atom stereocenters. The van der Waals surface area contributed by atoms with Gasteiger partial charge in [-0.2, -0.15) is 4.39 Å². The summed E-state index contributed by atoms with van der Waals surface area (Å²) in [6.45, 7) is 3.61. The highest BCUT2D eigenvalue weighted by Gasteiger charge is 2.29. The summed E-state index contributed by atoms with van der Waals surface area (Å²) >= 11 is 0. The molecule has 0 saturated carbocycles. The molecule has 0 aliphatic carbocycles. The van der Waals surface area contributed by atoms with E-state index in [9.17, 15) is 8.78 Å². The Balaban J connectivity index is 2.16. The summed E-state index contributed by atoms with van der Waals surface area (Å²) in [5.74, 6) is -1.76. The molecule has 1 aliphatic rings. The molecule has 0 unspecified atom stereocenters. The van der Waals surface area contributed by atoms with Crippen LogP contribution in [0.4, 0.5) is 8.78 Å². The lowest BCUT2D eigenvalue weighted by Gasteiger charge is -2.34. The van der Waals surface area contributed by atoms with E-state index in [-0.39, 0.29) is 5.75 Å². The van der Waals surface area contributed by atoms with Gasteiger partial charge in [-0.05, 0) is 45.0 Å². The standard InChI is InChI=1S/C12H15F2NO/c1-12(5-7-15-8-6-12)16-10-4-2-3-9(13)11(10)14/h2-4,15H,5-8H2,1H3. The molecule has 0 bridgehead atoms. The van der Waals surface area contributed by atoms with E-state index in [2.05, 4.69) is 5.32 Å². The zero-order chi connectivity index (χ0) is 11.6. The summed E-state index contributed by atoms with van der Waals surface area (Å²) in [6, 6.07) is 4.01. The van der Waals surface area contributed by atoms with E-state index < -0.39 is 17.2 Å². The first-order valence-electron chi connectivity index (χ1n) is 5.44. The van der Waals surface area contributed by atoms with Gasteiger partial charge in [-0.3, -0.25) is 0 Å². The van der Waals surface area contributed by atoms with Crippen LogP contribution in [-0.2, 0) is 0 Å². The number of hydrogen-bond acceptors (Lipinski definition) is 2. The third-order valence-electron chi connectivity index (χ3n) is 2.93. The van der Waals surface area contributed by atoms with Crippen molar-refractivity contribution < 1.29 is 13.5 Å². The predicted octanol–water partition coefficient (Wildman–Crippen LogP) is 2.49. The molecule has 88 valence electrons. The Bertz CT molecular complexity index is 375. The van der Waals surface area contributed by atoms with Crippen LogP contribution in [0.5, 0.6) is 5.75 Å². The first-order valence-corrected chi connectivity index (χ1v) is 5.44. The van der Waals surface area contributed by atoms with Crippen LogP contribution in [0.15, 0.2) is 18.2 Å². The Morgan fingerprint density at radius 2 is 1.94 bits per heavy atom. The van der Waals surface area contributed by atoms with Crippen molar-refractivity contribution >= 4 is 0 Å². The van der Waals surface area contributed by atoms with Crippen molar-refractivity contribution in [3.8, 4) is 5.75 Å². The van der Waals surface area contributed by atoms with Gasteiger partial charge in [0, 0.05) is 0 Å². The molecule has 2 rings (SSSR count). The van der Waals surface area contributed by atoms with Crippen LogP contribution in [0, 0.1) is 11.6 Å². The maximum absolute atomic E-state index is 13.4. The fourth-order valence-electron chi connectivity index (χ4n) is 1.89. The number of benzene rings is 1. The summed E-state index contributed by atoms with van der Waals surface area (Å²) in [5, 5.41) is 3.20. The minimum atomic E-state index is -0.901. The van der Waals surface area contributed by atoms with Crippen molar-refractivity contribution in [2.24, 2.45) is 0 Å².